The molecule has 2 heterocycles. The van der Waals surface area contributed by atoms with Crippen LogP contribution in [-0.2, 0) is 6.54 Å². The van der Waals surface area contributed by atoms with Gasteiger partial charge in [-0.1, -0.05) is 12.1 Å². The van der Waals surface area contributed by atoms with E-state index in [1.807, 2.05) is 36.4 Å². The quantitative estimate of drug-likeness (QED) is 0.731. The molecule has 0 aliphatic rings. The third-order valence-corrected chi connectivity index (χ3v) is 3.26. The number of nitrogens with zero attached hydrogens (tertiary/aromatic N) is 2. The van der Waals surface area contributed by atoms with Crippen LogP contribution < -0.4 is 10.3 Å². The van der Waals surface area contributed by atoms with Gasteiger partial charge >= 0.3 is 0 Å². The summed E-state index contributed by atoms with van der Waals surface area (Å²) in [7, 11) is 1.63. The minimum atomic E-state index is -0.0266. The molecule has 0 bridgehead atoms. The van der Waals surface area contributed by atoms with Crippen molar-refractivity contribution in [3.8, 4) is 5.75 Å². The SMILES string of the molecule is COc1ccc(Cn2c(=O)ccc3ncccc32)cc1. The van der Waals surface area contributed by atoms with Crippen LogP contribution in [0.4, 0.5) is 0 Å². The number of benzene rings is 1. The zero-order chi connectivity index (χ0) is 13.9. The fourth-order valence-electron chi connectivity index (χ4n) is 2.20. The Hall–Kier alpha value is -2.62. The Balaban J connectivity index is 2.05. The highest BCUT2D eigenvalue weighted by atomic mass is 16.5. The van der Waals surface area contributed by atoms with Gasteiger partial charge in [-0.25, -0.2) is 0 Å². The van der Waals surface area contributed by atoms with Crippen LogP contribution in [0.1, 0.15) is 5.56 Å². The topological polar surface area (TPSA) is 44.1 Å². The van der Waals surface area contributed by atoms with Crippen molar-refractivity contribution in [3.63, 3.8) is 0 Å². The third kappa shape index (κ3) is 2.28. The summed E-state index contributed by atoms with van der Waals surface area (Å²) in [6.45, 7) is 0.520. The lowest BCUT2D eigenvalue weighted by Gasteiger charge is -2.10. The fraction of sp³-hybridized carbons (Fsp3) is 0.125. The number of ether oxygens (including phenoxy) is 1. The number of fused-ring (bicyclic) bond motifs is 1. The highest BCUT2D eigenvalue weighted by molar-refractivity contribution is 5.74. The van der Waals surface area contributed by atoms with Gasteiger partial charge in [0.15, 0.2) is 0 Å². The molecule has 2 aromatic heterocycles. The predicted octanol–water partition coefficient (Wildman–Crippen LogP) is 2.45. The molecule has 3 aromatic rings. The smallest absolute Gasteiger partial charge is 0.251 e. The van der Waals surface area contributed by atoms with Gasteiger partial charge in [0.25, 0.3) is 5.56 Å². The number of methoxy groups -OCH3 is 1. The molecule has 0 saturated heterocycles. The van der Waals surface area contributed by atoms with Gasteiger partial charge in [0.05, 0.1) is 24.7 Å². The van der Waals surface area contributed by atoms with E-state index in [1.165, 1.54) is 0 Å². The van der Waals surface area contributed by atoms with Gasteiger partial charge < -0.3 is 9.30 Å². The van der Waals surface area contributed by atoms with Crippen molar-refractivity contribution in [1.82, 2.24) is 9.55 Å². The van der Waals surface area contributed by atoms with Crippen molar-refractivity contribution in [3.05, 3.63) is 70.6 Å². The predicted molar refractivity (Wildman–Crippen MR) is 78.1 cm³/mol. The van der Waals surface area contributed by atoms with E-state index in [0.29, 0.717) is 6.54 Å². The zero-order valence-corrected chi connectivity index (χ0v) is 11.1. The Bertz CT molecular complexity index is 791. The monoisotopic (exact) mass is 266 g/mol. The molecular weight excluding hydrogens is 252 g/mol. The summed E-state index contributed by atoms with van der Waals surface area (Å²) in [5.41, 5.74) is 2.68. The highest BCUT2D eigenvalue weighted by Crippen LogP contribution is 2.14. The number of hydrogen-bond donors (Lipinski definition) is 0. The first-order valence-corrected chi connectivity index (χ1v) is 6.35. The molecule has 4 heteroatoms. The van der Waals surface area contributed by atoms with Crippen molar-refractivity contribution in [2.24, 2.45) is 0 Å². The molecule has 0 radical (unpaired) electrons. The fourth-order valence-corrected chi connectivity index (χ4v) is 2.20. The van der Waals surface area contributed by atoms with Crippen LogP contribution in [0.5, 0.6) is 5.75 Å². The maximum Gasteiger partial charge on any atom is 0.251 e. The molecule has 3 rings (SSSR count). The Morgan fingerprint density at radius 2 is 1.90 bits per heavy atom. The van der Waals surface area contributed by atoms with E-state index in [2.05, 4.69) is 4.98 Å². The Morgan fingerprint density at radius 3 is 2.65 bits per heavy atom. The van der Waals surface area contributed by atoms with E-state index in [0.717, 1.165) is 22.3 Å². The van der Waals surface area contributed by atoms with Crippen LogP contribution >= 0.6 is 0 Å². The summed E-state index contributed by atoms with van der Waals surface area (Å²) in [5, 5.41) is 0. The first kappa shape index (κ1) is 12.4. The van der Waals surface area contributed by atoms with Gasteiger partial charge in [-0.15, -0.1) is 0 Å². The highest BCUT2D eigenvalue weighted by Gasteiger charge is 2.04. The molecule has 0 spiro atoms. The number of hydrogen-bond acceptors (Lipinski definition) is 3. The second-order valence-corrected chi connectivity index (χ2v) is 4.51. The van der Waals surface area contributed by atoms with Crippen molar-refractivity contribution in [2.75, 3.05) is 7.11 Å². The molecule has 1 aromatic carbocycles. The molecule has 0 atom stereocenters. The molecule has 0 unspecified atom stereocenters. The van der Waals surface area contributed by atoms with Gasteiger partial charge in [0.1, 0.15) is 5.75 Å². The van der Waals surface area contributed by atoms with Gasteiger partial charge in [-0.2, -0.15) is 0 Å². The normalized spacial score (nSPS) is 10.7. The molecule has 0 saturated carbocycles. The molecule has 0 fully saturated rings. The standard InChI is InChI=1S/C16H14N2O2/c1-20-13-6-4-12(5-7-13)11-18-15-3-2-10-17-14(15)8-9-16(18)19/h2-10H,11H2,1H3. The molecule has 0 aliphatic carbocycles. The second kappa shape index (κ2) is 5.17. The van der Waals surface area contributed by atoms with Crippen molar-refractivity contribution >= 4 is 11.0 Å². The molecular formula is C16H14N2O2. The molecule has 0 aliphatic heterocycles. The van der Waals surface area contributed by atoms with Gasteiger partial charge in [-0.05, 0) is 35.9 Å². The van der Waals surface area contributed by atoms with E-state index in [-0.39, 0.29) is 5.56 Å². The molecule has 20 heavy (non-hydrogen) atoms. The van der Waals surface area contributed by atoms with Crippen LogP contribution in [0.2, 0.25) is 0 Å². The minimum Gasteiger partial charge on any atom is -0.497 e. The summed E-state index contributed by atoms with van der Waals surface area (Å²) in [5.74, 6) is 0.806. The molecule has 100 valence electrons. The lowest BCUT2D eigenvalue weighted by atomic mass is 10.2. The van der Waals surface area contributed by atoms with E-state index in [4.69, 9.17) is 4.74 Å². The Labute approximate surface area is 116 Å². The number of aromatic nitrogens is 2. The van der Waals surface area contributed by atoms with Crippen molar-refractivity contribution in [1.29, 1.82) is 0 Å². The van der Waals surface area contributed by atoms with Crippen LogP contribution in [0.3, 0.4) is 0 Å². The van der Waals surface area contributed by atoms with Crippen LogP contribution in [-0.4, -0.2) is 16.7 Å². The maximum atomic E-state index is 12.1. The third-order valence-electron chi connectivity index (χ3n) is 3.26. The summed E-state index contributed by atoms with van der Waals surface area (Å²) in [6, 6.07) is 14.8. The van der Waals surface area contributed by atoms with Crippen LogP contribution in [0.25, 0.3) is 11.0 Å². The largest absolute Gasteiger partial charge is 0.497 e. The van der Waals surface area contributed by atoms with Gasteiger partial charge in [0.2, 0.25) is 0 Å². The average molecular weight is 266 g/mol. The number of rotatable bonds is 3. The first-order valence-electron chi connectivity index (χ1n) is 6.35. The van der Waals surface area contributed by atoms with E-state index < -0.39 is 0 Å². The second-order valence-electron chi connectivity index (χ2n) is 4.51. The van der Waals surface area contributed by atoms with Crippen molar-refractivity contribution in [2.45, 2.75) is 6.54 Å². The van der Waals surface area contributed by atoms with Gasteiger partial charge in [0, 0.05) is 12.3 Å². The summed E-state index contributed by atoms with van der Waals surface area (Å²) in [6.07, 6.45) is 1.73. The van der Waals surface area contributed by atoms with E-state index in [9.17, 15) is 4.79 Å². The molecule has 0 amide bonds. The van der Waals surface area contributed by atoms with E-state index >= 15 is 0 Å². The zero-order valence-electron chi connectivity index (χ0n) is 11.1. The summed E-state index contributed by atoms with van der Waals surface area (Å²) >= 11 is 0. The van der Waals surface area contributed by atoms with Crippen molar-refractivity contribution < 1.29 is 4.74 Å². The van der Waals surface area contributed by atoms with Crippen LogP contribution in [0.15, 0.2) is 59.5 Å². The van der Waals surface area contributed by atoms with Gasteiger partial charge in [-0.3, -0.25) is 9.78 Å². The Kier molecular flexibility index (Phi) is 3.21. The first-order chi connectivity index (χ1) is 9.78. The minimum absolute atomic E-state index is 0.0266. The lowest BCUT2D eigenvalue weighted by Crippen LogP contribution is -2.20. The maximum absolute atomic E-state index is 12.1. The summed E-state index contributed by atoms with van der Waals surface area (Å²) in [4.78, 5) is 16.3. The van der Waals surface area contributed by atoms with Crippen LogP contribution in [0, 0.1) is 0 Å². The Morgan fingerprint density at radius 1 is 1.10 bits per heavy atom. The number of pyridine rings is 2. The molecule has 4 nitrogen and oxygen atoms in total. The molecule has 0 N–H and O–H groups in total. The van der Waals surface area contributed by atoms with E-state index in [1.54, 1.807) is 30.0 Å². The average Bonchev–Trinajstić information content (AvgIpc) is 2.51. The summed E-state index contributed by atoms with van der Waals surface area (Å²) < 4.78 is 6.86. The lowest BCUT2D eigenvalue weighted by molar-refractivity contribution is 0.414.